The summed E-state index contributed by atoms with van der Waals surface area (Å²) in [5, 5.41) is 7.69. The standard InChI is InChI=1S/C17H21N5O/c1-13(7-10-21-9-4-8-19-21)20-15-5-3-6-16(11-15)22-14(2)12-18-17(22)23/h3-6,8-9,11-13,20H,7,10H2,1-2H3,(H,18,23)/t13-/m1/s1. The molecule has 6 nitrogen and oxygen atoms in total. The Balaban J connectivity index is 1.69. The molecule has 120 valence electrons. The van der Waals surface area contributed by atoms with E-state index in [9.17, 15) is 4.79 Å². The minimum atomic E-state index is -0.119. The number of aromatic amines is 1. The van der Waals surface area contributed by atoms with Crippen LogP contribution in [0, 0.1) is 6.92 Å². The molecule has 0 saturated heterocycles. The normalized spacial score (nSPS) is 12.3. The Morgan fingerprint density at radius 2 is 2.22 bits per heavy atom. The molecule has 3 rings (SSSR count). The fourth-order valence-corrected chi connectivity index (χ4v) is 2.63. The van der Waals surface area contributed by atoms with Crippen molar-refractivity contribution in [2.45, 2.75) is 32.9 Å². The molecular weight excluding hydrogens is 290 g/mol. The van der Waals surface area contributed by atoms with E-state index in [-0.39, 0.29) is 5.69 Å². The summed E-state index contributed by atoms with van der Waals surface area (Å²) >= 11 is 0. The van der Waals surface area contributed by atoms with Crippen LogP contribution in [-0.2, 0) is 6.54 Å². The largest absolute Gasteiger partial charge is 0.382 e. The van der Waals surface area contributed by atoms with E-state index in [0.717, 1.165) is 30.0 Å². The zero-order chi connectivity index (χ0) is 16.2. The number of aromatic nitrogens is 4. The van der Waals surface area contributed by atoms with E-state index in [4.69, 9.17) is 0 Å². The van der Waals surface area contributed by atoms with E-state index < -0.39 is 0 Å². The van der Waals surface area contributed by atoms with E-state index in [1.165, 1.54) is 0 Å². The van der Waals surface area contributed by atoms with Crippen LogP contribution < -0.4 is 11.0 Å². The second-order valence-electron chi connectivity index (χ2n) is 5.72. The molecular formula is C17H21N5O. The molecule has 0 radical (unpaired) electrons. The summed E-state index contributed by atoms with van der Waals surface area (Å²) in [7, 11) is 0. The quantitative estimate of drug-likeness (QED) is 0.735. The molecule has 0 aliphatic carbocycles. The van der Waals surface area contributed by atoms with Gasteiger partial charge in [-0.1, -0.05) is 6.07 Å². The molecule has 3 aromatic rings. The SMILES string of the molecule is Cc1c[nH]c(=O)n1-c1cccc(N[C@H](C)CCn2cccn2)c1. The van der Waals surface area contributed by atoms with Crippen molar-refractivity contribution in [3.8, 4) is 5.69 Å². The maximum atomic E-state index is 11.9. The zero-order valence-corrected chi connectivity index (χ0v) is 13.4. The molecule has 6 heteroatoms. The molecule has 23 heavy (non-hydrogen) atoms. The lowest BCUT2D eigenvalue weighted by atomic mass is 10.2. The molecule has 0 spiro atoms. The Kier molecular flexibility index (Phi) is 4.32. The van der Waals surface area contributed by atoms with Gasteiger partial charge in [0.2, 0.25) is 0 Å². The van der Waals surface area contributed by atoms with E-state index in [1.807, 2.05) is 48.1 Å². The highest BCUT2D eigenvalue weighted by molar-refractivity contribution is 5.52. The summed E-state index contributed by atoms with van der Waals surface area (Å²) in [5.74, 6) is 0. The van der Waals surface area contributed by atoms with Gasteiger partial charge in [0.1, 0.15) is 0 Å². The van der Waals surface area contributed by atoms with Gasteiger partial charge in [0.05, 0.1) is 5.69 Å². The Hall–Kier alpha value is -2.76. The average molecular weight is 311 g/mol. The van der Waals surface area contributed by atoms with Crippen molar-refractivity contribution in [3.05, 3.63) is 65.1 Å². The fraction of sp³-hybridized carbons (Fsp3) is 0.294. The van der Waals surface area contributed by atoms with Crippen LogP contribution in [-0.4, -0.2) is 25.4 Å². The smallest absolute Gasteiger partial charge is 0.330 e. The predicted molar refractivity (Wildman–Crippen MR) is 91.1 cm³/mol. The van der Waals surface area contributed by atoms with Crippen molar-refractivity contribution in [1.82, 2.24) is 19.3 Å². The molecule has 2 N–H and O–H groups in total. The third-order valence-electron chi connectivity index (χ3n) is 3.83. The number of nitrogens with one attached hydrogen (secondary N) is 2. The average Bonchev–Trinajstić information content (AvgIpc) is 3.15. The first-order valence-corrected chi connectivity index (χ1v) is 7.75. The first-order valence-electron chi connectivity index (χ1n) is 7.75. The monoisotopic (exact) mass is 311 g/mol. The van der Waals surface area contributed by atoms with Crippen LogP contribution in [0.5, 0.6) is 0 Å². The predicted octanol–water partition coefficient (Wildman–Crippen LogP) is 2.56. The first kappa shape index (κ1) is 15.1. The molecule has 0 saturated carbocycles. The molecule has 2 aromatic heterocycles. The second-order valence-corrected chi connectivity index (χ2v) is 5.72. The summed E-state index contributed by atoms with van der Waals surface area (Å²) in [6, 6.07) is 10.1. The molecule has 0 unspecified atom stereocenters. The number of hydrogen-bond donors (Lipinski definition) is 2. The summed E-state index contributed by atoms with van der Waals surface area (Å²) in [6.07, 6.45) is 6.44. The van der Waals surface area contributed by atoms with Gasteiger partial charge < -0.3 is 10.3 Å². The number of aryl methyl sites for hydroxylation is 2. The van der Waals surface area contributed by atoms with Crippen molar-refractivity contribution in [3.63, 3.8) is 0 Å². The third-order valence-corrected chi connectivity index (χ3v) is 3.83. The van der Waals surface area contributed by atoms with Crippen LogP contribution in [0.1, 0.15) is 19.0 Å². The zero-order valence-electron chi connectivity index (χ0n) is 13.4. The number of benzene rings is 1. The minimum Gasteiger partial charge on any atom is -0.382 e. The van der Waals surface area contributed by atoms with Gasteiger partial charge in [-0.3, -0.25) is 9.25 Å². The number of nitrogens with zero attached hydrogens (tertiary/aromatic N) is 3. The van der Waals surface area contributed by atoms with Gasteiger partial charge in [0.15, 0.2) is 0 Å². The van der Waals surface area contributed by atoms with Gasteiger partial charge in [-0.25, -0.2) is 4.79 Å². The van der Waals surface area contributed by atoms with Crippen LogP contribution in [0.15, 0.2) is 53.7 Å². The van der Waals surface area contributed by atoms with Crippen LogP contribution in [0.25, 0.3) is 5.69 Å². The Bertz CT molecular complexity index is 816. The molecule has 1 atom stereocenters. The molecule has 0 aliphatic heterocycles. The Labute approximate surface area is 134 Å². The molecule has 1 aromatic carbocycles. The topological polar surface area (TPSA) is 67.6 Å². The molecule has 0 fully saturated rings. The summed E-state index contributed by atoms with van der Waals surface area (Å²) in [5.41, 5.74) is 2.63. The molecule has 0 aliphatic rings. The van der Waals surface area contributed by atoms with Crippen LogP contribution in [0.4, 0.5) is 5.69 Å². The number of hydrogen-bond acceptors (Lipinski definition) is 3. The fourth-order valence-electron chi connectivity index (χ4n) is 2.63. The third kappa shape index (κ3) is 3.53. The molecule has 0 bridgehead atoms. The highest BCUT2D eigenvalue weighted by Crippen LogP contribution is 2.16. The molecule has 2 heterocycles. The van der Waals surface area contributed by atoms with Crippen molar-refractivity contribution >= 4 is 5.69 Å². The van der Waals surface area contributed by atoms with E-state index in [1.54, 1.807) is 17.0 Å². The van der Waals surface area contributed by atoms with Crippen LogP contribution in [0.3, 0.4) is 0 Å². The van der Waals surface area contributed by atoms with E-state index in [2.05, 4.69) is 22.3 Å². The van der Waals surface area contributed by atoms with Crippen molar-refractivity contribution in [2.75, 3.05) is 5.32 Å². The summed E-state index contributed by atoms with van der Waals surface area (Å²) in [4.78, 5) is 14.6. The number of anilines is 1. The van der Waals surface area contributed by atoms with E-state index in [0.29, 0.717) is 6.04 Å². The van der Waals surface area contributed by atoms with Crippen LogP contribution >= 0.6 is 0 Å². The van der Waals surface area contributed by atoms with Crippen molar-refractivity contribution < 1.29 is 0 Å². The van der Waals surface area contributed by atoms with Gasteiger partial charge in [-0.05, 0) is 44.5 Å². The van der Waals surface area contributed by atoms with Crippen molar-refractivity contribution in [1.29, 1.82) is 0 Å². The van der Waals surface area contributed by atoms with Gasteiger partial charge in [-0.2, -0.15) is 5.10 Å². The molecule has 0 amide bonds. The van der Waals surface area contributed by atoms with Gasteiger partial charge in [0, 0.05) is 42.6 Å². The summed E-state index contributed by atoms with van der Waals surface area (Å²) < 4.78 is 3.59. The van der Waals surface area contributed by atoms with E-state index >= 15 is 0 Å². The highest BCUT2D eigenvalue weighted by Gasteiger charge is 2.07. The number of rotatable bonds is 6. The van der Waals surface area contributed by atoms with Gasteiger partial charge in [0.25, 0.3) is 0 Å². The number of imidazole rings is 1. The van der Waals surface area contributed by atoms with Gasteiger partial charge >= 0.3 is 5.69 Å². The number of H-pyrrole nitrogens is 1. The van der Waals surface area contributed by atoms with Crippen molar-refractivity contribution in [2.24, 2.45) is 0 Å². The lowest BCUT2D eigenvalue weighted by Gasteiger charge is -2.16. The van der Waals surface area contributed by atoms with Gasteiger partial charge in [-0.15, -0.1) is 0 Å². The minimum absolute atomic E-state index is 0.119. The second kappa shape index (κ2) is 6.56. The maximum absolute atomic E-state index is 11.9. The Morgan fingerprint density at radius 3 is 2.91 bits per heavy atom. The Morgan fingerprint density at radius 1 is 1.35 bits per heavy atom. The lowest BCUT2D eigenvalue weighted by Crippen LogP contribution is -2.19. The lowest BCUT2D eigenvalue weighted by molar-refractivity contribution is 0.546. The summed E-state index contributed by atoms with van der Waals surface area (Å²) in [6.45, 7) is 4.92. The maximum Gasteiger partial charge on any atom is 0.330 e. The van der Waals surface area contributed by atoms with Crippen LogP contribution in [0.2, 0.25) is 0 Å². The highest BCUT2D eigenvalue weighted by atomic mass is 16.1. The first-order chi connectivity index (χ1) is 11.1.